The molecular weight excluding hydrogens is 414 g/mol. The van der Waals surface area contributed by atoms with Gasteiger partial charge in [-0.2, -0.15) is 0 Å². The van der Waals surface area contributed by atoms with E-state index < -0.39 is 11.8 Å². The molecule has 1 N–H and O–H groups in total. The Labute approximate surface area is 186 Å². The molecule has 0 radical (unpaired) electrons. The van der Waals surface area contributed by atoms with Crippen molar-refractivity contribution in [3.8, 4) is 0 Å². The molecule has 1 saturated heterocycles. The van der Waals surface area contributed by atoms with Crippen LogP contribution in [0.3, 0.4) is 0 Å². The van der Waals surface area contributed by atoms with Crippen LogP contribution in [0.2, 0.25) is 0 Å². The van der Waals surface area contributed by atoms with E-state index in [1.54, 1.807) is 36.4 Å². The largest absolute Gasteiger partial charge is 0.350 e. The van der Waals surface area contributed by atoms with Crippen LogP contribution in [-0.2, 0) is 9.59 Å². The number of piperidine rings is 1. The van der Waals surface area contributed by atoms with Crippen molar-refractivity contribution in [2.45, 2.75) is 33.1 Å². The van der Waals surface area contributed by atoms with Crippen molar-refractivity contribution in [3.05, 3.63) is 69.9 Å². The van der Waals surface area contributed by atoms with E-state index >= 15 is 0 Å². The maximum Gasteiger partial charge on any atom is 0.283 e. The predicted molar refractivity (Wildman–Crippen MR) is 121 cm³/mol. The minimum Gasteiger partial charge on any atom is -0.350 e. The van der Waals surface area contributed by atoms with E-state index in [2.05, 4.69) is 5.32 Å². The lowest BCUT2D eigenvalue weighted by atomic mass is 10.1. The van der Waals surface area contributed by atoms with Crippen LogP contribution < -0.4 is 10.2 Å². The SMILES string of the molecule is Cc1cccc(N2C(=O)C(Cl)=C(Nc3ccc(C(=O)N4CCCCC4)cc3)C2=O)c1C. The van der Waals surface area contributed by atoms with Gasteiger partial charge in [0.15, 0.2) is 0 Å². The van der Waals surface area contributed by atoms with Gasteiger partial charge in [0.25, 0.3) is 17.7 Å². The fourth-order valence-corrected chi connectivity index (χ4v) is 4.14. The number of hydrogen-bond acceptors (Lipinski definition) is 4. The number of nitrogens with zero attached hydrogens (tertiary/aromatic N) is 2. The van der Waals surface area contributed by atoms with Gasteiger partial charge in [0, 0.05) is 24.3 Å². The van der Waals surface area contributed by atoms with Crippen LogP contribution in [0.4, 0.5) is 11.4 Å². The Morgan fingerprint density at radius 2 is 1.61 bits per heavy atom. The molecule has 0 saturated carbocycles. The summed E-state index contributed by atoms with van der Waals surface area (Å²) in [7, 11) is 0. The molecule has 4 rings (SSSR count). The van der Waals surface area contributed by atoms with Crippen LogP contribution in [0.15, 0.2) is 53.2 Å². The van der Waals surface area contributed by atoms with E-state index in [1.165, 1.54) is 0 Å². The highest BCUT2D eigenvalue weighted by Gasteiger charge is 2.39. The summed E-state index contributed by atoms with van der Waals surface area (Å²) >= 11 is 6.24. The van der Waals surface area contributed by atoms with Crippen molar-refractivity contribution >= 4 is 40.7 Å². The zero-order chi connectivity index (χ0) is 22.1. The van der Waals surface area contributed by atoms with E-state index in [9.17, 15) is 14.4 Å². The van der Waals surface area contributed by atoms with E-state index in [0.29, 0.717) is 16.9 Å². The maximum absolute atomic E-state index is 13.0. The second-order valence-corrected chi connectivity index (χ2v) is 8.29. The molecule has 7 heteroatoms. The summed E-state index contributed by atoms with van der Waals surface area (Å²) in [6, 6.07) is 12.3. The smallest absolute Gasteiger partial charge is 0.283 e. The maximum atomic E-state index is 13.0. The van der Waals surface area contributed by atoms with Crippen molar-refractivity contribution in [1.82, 2.24) is 4.90 Å². The Balaban J connectivity index is 1.52. The number of likely N-dealkylation sites (tertiary alicyclic amines) is 1. The lowest BCUT2D eigenvalue weighted by Crippen LogP contribution is -2.35. The van der Waals surface area contributed by atoms with Gasteiger partial charge in [0.05, 0.1) is 5.69 Å². The van der Waals surface area contributed by atoms with Crippen LogP contribution in [0.1, 0.15) is 40.7 Å². The highest BCUT2D eigenvalue weighted by molar-refractivity contribution is 6.53. The zero-order valence-electron chi connectivity index (χ0n) is 17.6. The third-order valence-corrected chi connectivity index (χ3v) is 6.24. The number of carbonyl (C=O) groups is 3. The van der Waals surface area contributed by atoms with Crippen molar-refractivity contribution in [1.29, 1.82) is 0 Å². The van der Waals surface area contributed by atoms with Crippen molar-refractivity contribution in [2.75, 3.05) is 23.3 Å². The molecule has 6 nitrogen and oxygen atoms in total. The molecule has 2 aliphatic rings. The van der Waals surface area contributed by atoms with Crippen LogP contribution in [0.5, 0.6) is 0 Å². The molecule has 0 spiro atoms. The first kappa shape index (κ1) is 21.1. The molecule has 2 aromatic rings. The molecule has 0 unspecified atom stereocenters. The van der Waals surface area contributed by atoms with E-state index in [-0.39, 0.29) is 16.6 Å². The molecule has 1 fully saturated rings. The summed E-state index contributed by atoms with van der Waals surface area (Å²) in [4.78, 5) is 41.3. The number of nitrogens with one attached hydrogen (secondary N) is 1. The number of halogens is 1. The molecule has 0 aromatic heterocycles. The van der Waals surface area contributed by atoms with Gasteiger partial charge < -0.3 is 10.2 Å². The second kappa shape index (κ2) is 8.55. The van der Waals surface area contributed by atoms with Gasteiger partial charge in [-0.25, -0.2) is 4.90 Å². The number of hydrogen-bond donors (Lipinski definition) is 1. The van der Waals surface area contributed by atoms with Gasteiger partial charge in [-0.05, 0) is 74.6 Å². The molecule has 3 amide bonds. The average molecular weight is 438 g/mol. The van der Waals surface area contributed by atoms with E-state index in [0.717, 1.165) is 48.4 Å². The molecule has 2 aliphatic heterocycles. The summed E-state index contributed by atoms with van der Waals surface area (Å²) in [6.07, 6.45) is 3.23. The van der Waals surface area contributed by atoms with Gasteiger partial charge >= 0.3 is 0 Å². The number of amides is 3. The monoisotopic (exact) mass is 437 g/mol. The summed E-state index contributed by atoms with van der Waals surface area (Å²) in [5.41, 5.74) is 3.54. The molecule has 160 valence electrons. The molecule has 31 heavy (non-hydrogen) atoms. The molecule has 2 heterocycles. The third-order valence-electron chi connectivity index (χ3n) is 5.89. The summed E-state index contributed by atoms with van der Waals surface area (Å²) in [5, 5.41) is 2.81. The van der Waals surface area contributed by atoms with Gasteiger partial charge in [0.2, 0.25) is 0 Å². The third kappa shape index (κ3) is 3.95. The molecule has 0 aliphatic carbocycles. The van der Waals surface area contributed by atoms with Crippen LogP contribution in [0.25, 0.3) is 0 Å². The Bertz CT molecular complexity index is 1090. The van der Waals surface area contributed by atoms with E-state index in [4.69, 9.17) is 11.6 Å². The Kier molecular flexibility index (Phi) is 5.83. The first-order valence-corrected chi connectivity index (χ1v) is 10.8. The highest BCUT2D eigenvalue weighted by atomic mass is 35.5. The Morgan fingerprint density at radius 3 is 2.29 bits per heavy atom. The number of carbonyl (C=O) groups excluding carboxylic acids is 3. The Morgan fingerprint density at radius 1 is 0.935 bits per heavy atom. The quantitative estimate of drug-likeness (QED) is 0.721. The Hall–Kier alpha value is -3.12. The van der Waals surface area contributed by atoms with Crippen molar-refractivity contribution in [2.24, 2.45) is 0 Å². The molecule has 0 bridgehead atoms. The topological polar surface area (TPSA) is 69.7 Å². The first-order chi connectivity index (χ1) is 14.9. The van der Waals surface area contributed by atoms with Gasteiger partial charge in [-0.1, -0.05) is 23.7 Å². The standard InChI is InChI=1S/C24H24ClN3O3/c1-15-7-6-8-19(16(15)2)28-23(30)20(25)21(24(28)31)26-18-11-9-17(10-12-18)22(29)27-13-4-3-5-14-27/h6-12,26H,3-5,13-14H2,1-2H3. The first-order valence-electron chi connectivity index (χ1n) is 10.4. The summed E-state index contributed by atoms with van der Waals surface area (Å²) < 4.78 is 0. The lowest BCUT2D eigenvalue weighted by molar-refractivity contribution is -0.120. The van der Waals surface area contributed by atoms with Crippen LogP contribution >= 0.6 is 11.6 Å². The fraction of sp³-hybridized carbons (Fsp3) is 0.292. The van der Waals surface area contributed by atoms with Crippen LogP contribution in [-0.4, -0.2) is 35.7 Å². The summed E-state index contributed by atoms with van der Waals surface area (Å²) in [5.74, 6) is -1.05. The average Bonchev–Trinajstić information content (AvgIpc) is 2.99. The van der Waals surface area contributed by atoms with Gasteiger partial charge in [-0.15, -0.1) is 0 Å². The number of anilines is 2. The lowest BCUT2D eigenvalue weighted by Gasteiger charge is -2.26. The van der Waals surface area contributed by atoms with Crippen LogP contribution in [0, 0.1) is 13.8 Å². The number of imide groups is 1. The normalized spacial score (nSPS) is 16.9. The molecule has 2 aromatic carbocycles. The zero-order valence-corrected chi connectivity index (χ0v) is 18.3. The van der Waals surface area contributed by atoms with Gasteiger partial charge in [0.1, 0.15) is 10.7 Å². The number of rotatable bonds is 4. The van der Waals surface area contributed by atoms with Crippen molar-refractivity contribution in [3.63, 3.8) is 0 Å². The molecular formula is C24H24ClN3O3. The van der Waals surface area contributed by atoms with Gasteiger partial charge in [-0.3, -0.25) is 14.4 Å². The minimum absolute atomic E-state index is 0.0108. The minimum atomic E-state index is -0.556. The number of aryl methyl sites for hydroxylation is 1. The number of benzene rings is 2. The fourth-order valence-electron chi connectivity index (χ4n) is 3.93. The summed E-state index contributed by atoms with van der Waals surface area (Å²) in [6.45, 7) is 5.35. The second-order valence-electron chi connectivity index (χ2n) is 7.91. The van der Waals surface area contributed by atoms with Crippen molar-refractivity contribution < 1.29 is 14.4 Å². The molecule has 0 atom stereocenters. The highest BCUT2D eigenvalue weighted by Crippen LogP contribution is 2.33. The van der Waals surface area contributed by atoms with E-state index in [1.807, 2.05) is 24.8 Å². The predicted octanol–water partition coefficient (Wildman–Crippen LogP) is 4.37.